The van der Waals surface area contributed by atoms with Crippen LogP contribution < -0.4 is 9.80 Å². The van der Waals surface area contributed by atoms with E-state index in [1.807, 2.05) is 0 Å². The van der Waals surface area contributed by atoms with E-state index >= 15 is 0 Å². The molecule has 7 aromatic carbocycles. The third-order valence-corrected chi connectivity index (χ3v) is 9.13. The van der Waals surface area contributed by atoms with Gasteiger partial charge in [0.1, 0.15) is 0 Å². The molecule has 0 radical (unpaired) electrons. The number of benzene rings is 7. The Bertz CT molecular complexity index is 2250. The molecule has 2 nitrogen and oxygen atoms in total. The normalized spacial score (nSPS) is 10.8. The van der Waals surface area contributed by atoms with Gasteiger partial charge in [-0.2, -0.15) is 0 Å². The molecule has 49 heavy (non-hydrogen) atoms. The lowest BCUT2D eigenvalue weighted by molar-refractivity contribution is 1.20. The van der Waals surface area contributed by atoms with Gasteiger partial charge in [-0.15, -0.1) is 0 Å². The first-order valence-corrected chi connectivity index (χ1v) is 16.9. The third kappa shape index (κ3) is 6.71. The van der Waals surface area contributed by atoms with Crippen molar-refractivity contribution in [1.29, 1.82) is 0 Å². The smallest absolute Gasteiger partial charge is 0.0511 e. The Labute approximate surface area is 290 Å². The highest BCUT2D eigenvalue weighted by Gasteiger charge is 2.21. The molecule has 0 aliphatic rings. The minimum absolute atomic E-state index is 0.978. The lowest BCUT2D eigenvalue weighted by Crippen LogP contribution is -2.15. The van der Waals surface area contributed by atoms with E-state index in [9.17, 15) is 0 Å². The molecular weight excluding hydrogens is 593 g/mol. The fourth-order valence-electron chi connectivity index (χ4n) is 6.42. The van der Waals surface area contributed by atoms with Crippen molar-refractivity contribution in [3.63, 3.8) is 0 Å². The molecule has 0 bridgehead atoms. The first-order chi connectivity index (χ1) is 23.8. The second kappa shape index (κ2) is 13.6. The monoisotopic (exact) mass is 632 g/mol. The Morgan fingerprint density at radius 2 is 0.816 bits per heavy atom. The minimum Gasteiger partial charge on any atom is -0.310 e. The molecule has 0 unspecified atom stereocenters. The number of hydrogen-bond donors (Lipinski definition) is 0. The van der Waals surface area contributed by atoms with Gasteiger partial charge >= 0.3 is 0 Å². The first kappa shape index (κ1) is 31.6. The molecule has 0 fully saturated rings. The van der Waals surface area contributed by atoms with E-state index in [1.54, 1.807) is 0 Å². The molecule has 0 atom stereocenters. The minimum atomic E-state index is 0.978. The highest BCUT2D eigenvalue weighted by Crippen LogP contribution is 2.43. The molecule has 2 heteroatoms. The van der Waals surface area contributed by atoms with Crippen molar-refractivity contribution in [2.45, 2.75) is 34.6 Å². The summed E-state index contributed by atoms with van der Waals surface area (Å²) in [5.74, 6) is 6.84. The van der Waals surface area contributed by atoms with Crippen LogP contribution in [0.25, 0.3) is 10.8 Å². The van der Waals surface area contributed by atoms with Crippen molar-refractivity contribution >= 4 is 44.9 Å². The highest BCUT2D eigenvalue weighted by atomic mass is 15.2. The molecule has 238 valence electrons. The molecule has 0 aliphatic heterocycles. The topological polar surface area (TPSA) is 6.48 Å². The van der Waals surface area contributed by atoms with Crippen LogP contribution in [0.2, 0.25) is 0 Å². The predicted molar refractivity (Wildman–Crippen MR) is 209 cm³/mol. The van der Waals surface area contributed by atoms with E-state index in [-0.39, 0.29) is 0 Å². The van der Waals surface area contributed by atoms with Gasteiger partial charge in [-0.25, -0.2) is 0 Å². The maximum absolute atomic E-state index is 3.43. The van der Waals surface area contributed by atoms with Crippen LogP contribution in [0.4, 0.5) is 34.1 Å². The third-order valence-electron chi connectivity index (χ3n) is 9.13. The van der Waals surface area contributed by atoms with Gasteiger partial charge in [-0.05, 0) is 129 Å². The Hall–Kier alpha value is -6.04. The van der Waals surface area contributed by atoms with Gasteiger partial charge in [0.2, 0.25) is 0 Å². The van der Waals surface area contributed by atoms with Gasteiger partial charge in [0.05, 0.1) is 11.4 Å². The Balaban J connectivity index is 1.33. The largest absolute Gasteiger partial charge is 0.310 e. The highest BCUT2D eigenvalue weighted by molar-refractivity contribution is 5.89. The summed E-state index contributed by atoms with van der Waals surface area (Å²) in [7, 11) is 0. The molecule has 0 saturated heterocycles. The second-order valence-corrected chi connectivity index (χ2v) is 12.9. The van der Waals surface area contributed by atoms with Crippen molar-refractivity contribution in [3.8, 4) is 11.8 Å². The Kier molecular flexibility index (Phi) is 8.75. The summed E-state index contributed by atoms with van der Waals surface area (Å²) in [4.78, 5) is 4.73. The molecule has 0 amide bonds. The van der Waals surface area contributed by atoms with Crippen molar-refractivity contribution in [2.24, 2.45) is 0 Å². The molecule has 0 heterocycles. The standard InChI is InChI=1S/C47H40N2/c1-33-13-23-41(24-14-33)48(42-25-15-34(2)16-26-42)46-32-47(37(5)31-36(46)4)49(43-27-17-35(3)18-28-43)44-29-20-38(21-30-44)19-22-40-11-8-10-39-9-6-7-12-45(39)40/h6-18,20-21,23-32H,1-5H3. The Morgan fingerprint density at radius 1 is 0.388 bits per heavy atom. The number of anilines is 6. The number of nitrogens with zero attached hydrogens (tertiary/aromatic N) is 2. The average Bonchev–Trinajstić information content (AvgIpc) is 3.12. The number of rotatable bonds is 6. The summed E-state index contributed by atoms with van der Waals surface area (Å²) in [6.07, 6.45) is 0. The summed E-state index contributed by atoms with van der Waals surface area (Å²) in [5, 5.41) is 2.38. The van der Waals surface area contributed by atoms with Crippen LogP contribution in [0.3, 0.4) is 0 Å². The van der Waals surface area contributed by atoms with E-state index in [2.05, 4.69) is 208 Å². The molecule has 0 N–H and O–H groups in total. The SMILES string of the molecule is Cc1ccc(N(c2ccc(C)cc2)c2cc(N(c3ccc(C)cc3)c3ccc(C#Cc4cccc5ccccc45)cc3)c(C)cc2C)cc1. The van der Waals surface area contributed by atoms with Gasteiger partial charge in [0.25, 0.3) is 0 Å². The van der Waals surface area contributed by atoms with Crippen molar-refractivity contribution in [3.05, 3.63) is 191 Å². The van der Waals surface area contributed by atoms with Gasteiger partial charge in [-0.3, -0.25) is 0 Å². The van der Waals surface area contributed by atoms with Crippen LogP contribution in [0.5, 0.6) is 0 Å². The lowest BCUT2D eigenvalue weighted by atomic mass is 10.0. The fraction of sp³-hybridized carbons (Fsp3) is 0.106. The molecule has 7 aromatic rings. The zero-order chi connectivity index (χ0) is 33.9. The van der Waals surface area contributed by atoms with Gasteiger partial charge in [0, 0.05) is 33.9 Å². The molecule has 7 rings (SSSR count). The average molecular weight is 633 g/mol. The molecule has 0 spiro atoms. The fourth-order valence-corrected chi connectivity index (χ4v) is 6.42. The number of aryl methyl sites for hydroxylation is 5. The van der Waals surface area contributed by atoms with Crippen LogP contribution in [0.1, 0.15) is 38.9 Å². The first-order valence-electron chi connectivity index (χ1n) is 16.9. The summed E-state index contributed by atoms with van der Waals surface area (Å²) in [5.41, 5.74) is 14.9. The summed E-state index contributed by atoms with van der Waals surface area (Å²) >= 11 is 0. The van der Waals surface area contributed by atoms with E-state index in [1.165, 1.54) is 38.6 Å². The van der Waals surface area contributed by atoms with Crippen molar-refractivity contribution in [2.75, 3.05) is 9.80 Å². The maximum Gasteiger partial charge on any atom is 0.0511 e. The molecular formula is C47H40N2. The predicted octanol–water partition coefficient (Wildman–Crippen LogP) is 12.7. The van der Waals surface area contributed by atoms with Crippen molar-refractivity contribution in [1.82, 2.24) is 0 Å². The second-order valence-electron chi connectivity index (χ2n) is 12.9. The van der Waals surface area contributed by atoms with Crippen molar-refractivity contribution < 1.29 is 0 Å². The summed E-state index contributed by atoms with van der Waals surface area (Å²) < 4.78 is 0. The van der Waals surface area contributed by atoms with Crippen LogP contribution in [-0.4, -0.2) is 0 Å². The van der Waals surface area contributed by atoms with E-state index in [0.29, 0.717) is 0 Å². The Morgan fingerprint density at radius 3 is 1.31 bits per heavy atom. The maximum atomic E-state index is 3.43. The molecule has 0 aliphatic carbocycles. The lowest BCUT2D eigenvalue weighted by Gasteiger charge is -2.32. The van der Waals surface area contributed by atoms with Gasteiger partial charge < -0.3 is 9.80 Å². The zero-order valence-electron chi connectivity index (χ0n) is 28.8. The zero-order valence-corrected chi connectivity index (χ0v) is 28.8. The van der Waals surface area contributed by atoms with Crippen LogP contribution in [0.15, 0.2) is 152 Å². The molecule has 0 saturated carbocycles. The van der Waals surface area contributed by atoms with Crippen LogP contribution in [0, 0.1) is 46.5 Å². The van der Waals surface area contributed by atoms with Crippen LogP contribution in [-0.2, 0) is 0 Å². The number of fused-ring (bicyclic) bond motifs is 1. The van der Waals surface area contributed by atoms with Gasteiger partial charge in [-0.1, -0.05) is 107 Å². The summed E-state index contributed by atoms with van der Waals surface area (Å²) in [6, 6.07) is 54.4. The molecule has 0 aromatic heterocycles. The number of hydrogen-bond acceptors (Lipinski definition) is 2. The van der Waals surface area contributed by atoms with E-state index in [0.717, 1.165) is 45.3 Å². The summed E-state index contributed by atoms with van der Waals surface area (Å²) in [6.45, 7) is 10.8. The van der Waals surface area contributed by atoms with Crippen LogP contribution >= 0.6 is 0 Å². The van der Waals surface area contributed by atoms with E-state index < -0.39 is 0 Å². The van der Waals surface area contributed by atoms with Gasteiger partial charge in [0.15, 0.2) is 0 Å². The quantitative estimate of drug-likeness (QED) is 0.168. The van der Waals surface area contributed by atoms with E-state index in [4.69, 9.17) is 0 Å².